The highest BCUT2D eigenvalue weighted by molar-refractivity contribution is 6.18. The number of esters is 1. The molecule has 2 aliphatic rings. The van der Waals surface area contributed by atoms with Crippen molar-refractivity contribution in [1.82, 2.24) is 20.1 Å². The average Bonchev–Trinajstić information content (AvgIpc) is 3.03. The lowest BCUT2D eigenvalue weighted by Gasteiger charge is -2.36. The number of carbonyl (C=O) groups is 1. The second kappa shape index (κ2) is 18.9. The Kier molecular flexibility index (Phi) is 14.9. The van der Waals surface area contributed by atoms with Gasteiger partial charge in [-0.15, -0.1) is 11.6 Å². The minimum absolute atomic E-state index is 0.0337. The number of nitrogens with zero attached hydrogens (tertiary/aromatic N) is 7. The molecule has 1 unspecified atom stereocenters. The van der Waals surface area contributed by atoms with Crippen LogP contribution in [0.15, 0.2) is 82.0 Å². The average molecular weight is 617 g/mol. The van der Waals surface area contributed by atoms with E-state index in [4.69, 9.17) is 36.3 Å². The van der Waals surface area contributed by atoms with Crippen LogP contribution in [0.25, 0.3) is 10.4 Å². The molecule has 3 heterocycles. The van der Waals surface area contributed by atoms with Crippen LogP contribution >= 0.6 is 11.6 Å². The van der Waals surface area contributed by atoms with Crippen LogP contribution in [0.1, 0.15) is 5.69 Å². The molecule has 1 aromatic heterocycles. The van der Waals surface area contributed by atoms with Crippen molar-refractivity contribution in [3.63, 3.8) is 0 Å². The molecule has 1 N–H and O–H groups in total. The quantitative estimate of drug-likeness (QED) is 0.0535. The molecular formula is C29H38ClFN8O4. The van der Waals surface area contributed by atoms with Crippen molar-refractivity contribution in [2.75, 3.05) is 85.2 Å². The lowest BCUT2D eigenvalue weighted by Crippen LogP contribution is -2.50. The zero-order valence-corrected chi connectivity index (χ0v) is 25.1. The van der Waals surface area contributed by atoms with Crippen LogP contribution < -0.4 is 5.32 Å². The molecule has 0 amide bonds. The van der Waals surface area contributed by atoms with Crippen LogP contribution in [0.3, 0.4) is 0 Å². The summed E-state index contributed by atoms with van der Waals surface area (Å²) in [6.07, 6.45) is 5.64. The molecule has 0 spiro atoms. The number of pyridine rings is 1. The van der Waals surface area contributed by atoms with Gasteiger partial charge in [0.05, 0.1) is 39.1 Å². The predicted octanol–water partition coefficient (Wildman–Crippen LogP) is 3.39. The molecular weight excluding hydrogens is 579 g/mol. The second-order valence-electron chi connectivity index (χ2n) is 9.55. The Labute approximate surface area is 256 Å². The first-order valence-electron chi connectivity index (χ1n) is 13.9. The van der Waals surface area contributed by atoms with E-state index >= 15 is 0 Å². The lowest BCUT2D eigenvalue weighted by atomic mass is 9.95. The molecule has 232 valence electrons. The van der Waals surface area contributed by atoms with Crippen molar-refractivity contribution in [1.29, 1.82) is 0 Å². The first kappa shape index (κ1) is 33.9. The van der Waals surface area contributed by atoms with Crippen LogP contribution in [0.4, 0.5) is 4.39 Å². The highest BCUT2D eigenvalue weighted by Gasteiger charge is 2.33. The van der Waals surface area contributed by atoms with Crippen LogP contribution in [0, 0.1) is 0 Å². The second-order valence-corrected chi connectivity index (χ2v) is 9.86. The number of alkyl halides is 1. The Morgan fingerprint density at radius 1 is 1.21 bits per heavy atom. The van der Waals surface area contributed by atoms with E-state index in [1.807, 2.05) is 12.1 Å². The van der Waals surface area contributed by atoms with Gasteiger partial charge in [0, 0.05) is 68.5 Å². The van der Waals surface area contributed by atoms with Gasteiger partial charge in [-0.3, -0.25) is 19.8 Å². The molecule has 0 saturated carbocycles. The molecule has 3 rings (SSSR count). The number of hydrogen-bond acceptors (Lipinski definition) is 10. The van der Waals surface area contributed by atoms with Gasteiger partial charge in [0.25, 0.3) is 0 Å². The fourth-order valence-electron chi connectivity index (χ4n) is 4.45. The number of methoxy groups -OCH3 is 1. The van der Waals surface area contributed by atoms with Crippen molar-refractivity contribution in [2.45, 2.75) is 6.04 Å². The first-order valence-corrected chi connectivity index (χ1v) is 14.5. The molecule has 1 aromatic rings. The molecule has 0 bridgehead atoms. The van der Waals surface area contributed by atoms with E-state index in [1.54, 1.807) is 12.3 Å². The maximum Gasteiger partial charge on any atom is 0.338 e. The Bertz CT molecular complexity index is 1240. The van der Waals surface area contributed by atoms with Crippen molar-refractivity contribution in [2.24, 2.45) is 10.1 Å². The van der Waals surface area contributed by atoms with E-state index in [2.05, 4.69) is 36.7 Å². The number of halogens is 2. The van der Waals surface area contributed by atoms with E-state index in [0.29, 0.717) is 67.9 Å². The number of rotatable bonds is 17. The number of hydrogen-bond donors (Lipinski definition) is 1. The van der Waals surface area contributed by atoms with E-state index in [9.17, 15) is 9.18 Å². The first-order chi connectivity index (χ1) is 21.0. The molecule has 43 heavy (non-hydrogen) atoms. The van der Waals surface area contributed by atoms with Gasteiger partial charge in [-0.1, -0.05) is 23.8 Å². The summed E-state index contributed by atoms with van der Waals surface area (Å²) in [5.41, 5.74) is 10.2. The number of amidine groups is 1. The number of piperazine rings is 1. The van der Waals surface area contributed by atoms with E-state index < -0.39 is 17.8 Å². The molecule has 12 nitrogen and oxygen atoms in total. The van der Waals surface area contributed by atoms with Gasteiger partial charge in [0.2, 0.25) is 0 Å². The predicted molar refractivity (Wildman–Crippen MR) is 163 cm³/mol. The van der Waals surface area contributed by atoms with Gasteiger partial charge >= 0.3 is 5.97 Å². The van der Waals surface area contributed by atoms with Gasteiger partial charge in [0.1, 0.15) is 17.6 Å². The van der Waals surface area contributed by atoms with Crippen molar-refractivity contribution in [3.05, 3.63) is 88.0 Å². The summed E-state index contributed by atoms with van der Waals surface area (Å²) in [4.78, 5) is 29.5. The smallest absolute Gasteiger partial charge is 0.338 e. The molecule has 2 aliphatic heterocycles. The number of allylic oxidation sites excluding steroid dienone is 3. The number of carbonyl (C=O) groups excluding carboxylic acids is 1. The van der Waals surface area contributed by atoms with E-state index in [-0.39, 0.29) is 5.88 Å². The van der Waals surface area contributed by atoms with Gasteiger partial charge in [-0.05, 0) is 35.4 Å². The molecule has 1 atom stereocenters. The molecule has 0 aliphatic carbocycles. The molecule has 1 saturated heterocycles. The van der Waals surface area contributed by atoms with Gasteiger partial charge < -0.3 is 19.5 Å². The standard InChI is InChI=1S/C29H38ClFN8O4/c1-22(6-7-23(31)8-9-30)27-26(29(40)41-2)25(35-28(36-27)24-5-3-4-10-33-24)21-39-14-12-38(13-15-39)16-18-43-20-19-42-17-11-34-37-32/h3-8,10,27H,1,9,11-21H2,2H3,(H,35,36)/b7-6-,23-8+. The molecule has 14 heteroatoms. The summed E-state index contributed by atoms with van der Waals surface area (Å²) in [5, 5.41) is 6.74. The summed E-state index contributed by atoms with van der Waals surface area (Å²) in [6.45, 7) is 10.7. The Morgan fingerprint density at radius 2 is 1.95 bits per heavy atom. The van der Waals surface area contributed by atoms with Crippen LogP contribution in [-0.2, 0) is 19.0 Å². The Morgan fingerprint density at radius 3 is 2.63 bits per heavy atom. The number of aromatic nitrogens is 1. The number of azide groups is 1. The fourth-order valence-corrected chi connectivity index (χ4v) is 4.60. The normalized spacial score (nSPS) is 18.3. The van der Waals surface area contributed by atoms with Crippen LogP contribution in [0.5, 0.6) is 0 Å². The van der Waals surface area contributed by atoms with E-state index in [1.165, 1.54) is 25.3 Å². The van der Waals surface area contributed by atoms with Crippen molar-refractivity contribution in [3.8, 4) is 0 Å². The molecule has 0 radical (unpaired) electrons. The SMILES string of the molecule is C=C(/C=C\C(F)=C/CCl)C1N=C(c2ccccn2)NC(CN2CCN(CCOCCOCCN=[N+]=[N-])CC2)=C1C(=O)OC. The highest BCUT2D eigenvalue weighted by Crippen LogP contribution is 2.26. The molecule has 1 fully saturated rings. The monoisotopic (exact) mass is 616 g/mol. The zero-order chi connectivity index (χ0) is 30.9. The summed E-state index contributed by atoms with van der Waals surface area (Å²) in [7, 11) is 1.32. The van der Waals surface area contributed by atoms with Crippen molar-refractivity contribution >= 4 is 23.4 Å². The summed E-state index contributed by atoms with van der Waals surface area (Å²) < 4.78 is 30.2. The van der Waals surface area contributed by atoms with E-state index in [0.717, 1.165) is 32.7 Å². The van der Waals surface area contributed by atoms with Gasteiger partial charge in [0.15, 0.2) is 5.84 Å². The maximum absolute atomic E-state index is 14.0. The Balaban J connectivity index is 1.66. The Hall–Kier alpha value is -3.58. The third kappa shape index (κ3) is 11.2. The lowest BCUT2D eigenvalue weighted by molar-refractivity contribution is -0.136. The summed E-state index contributed by atoms with van der Waals surface area (Å²) >= 11 is 5.60. The fraction of sp³-hybridized carbons (Fsp3) is 0.483. The minimum atomic E-state index is -0.803. The maximum atomic E-state index is 14.0. The molecule has 0 aromatic carbocycles. The minimum Gasteiger partial charge on any atom is -0.466 e. The third-order valence-corrected chi connectivity index (χ3v) is 6.84. The summed E-state index contributed by atoms with van der Waals surface area (Å²) in [5.74, 6) is -0.537. The van der Waals surface area contributed by atoms with Crippen molar-refractivity contribution < 1.29 is 23.4 Å². The van der Waals surface area contributed by atoms with Crippen LogP contribution in [-0.4, -0.2) is 118 Å². The topological polar surface area (TPSA) is 137 Å². The number of nitrogens with one attached hydrogen (secondary N) is 1. The number of aliphatic imine (C=N–C) groups is 1. The summed E-state index contributed by atoms with van der Waals surface area (Å²) in [6, 6.07) is 4.68. The highest BCUT2D eigenvalue weighted by atomic mass is 35.5. The zero-order valence-electron chi connectivity index (χ0n) is 24.3. The van der Waals surface area contributed by atoms with Gasteiger partial charge in [-0.25, -0.2) is 9.18 Å². The van der Waals surface area contributed by atoms with Crippen LogP contribution in [0.2, 0.25) is 0 Å². The van der Waals surface area contributed by atoms with Gasteiger partial charge in [-0.2, -0.15) is 0 Å². The largest absolute Gasteiger partial charge is 0.466 e. The number of ether oxygens (including phenoxy) is 3. The third-order valence-electron chi connectivity index (χ3n) is 6.69.